The smallest absolute Gasteiger partial charge is 0.224 e. The topological polar surface area (TPSA) is 55.6 Å². The van der Waals surface area contributed by atoms with Crippen molar-refractivity contribution in [2.45, 2.75) is 18.5 Å². The maximum absolute atomic E-state index is 13.1. The zero-order valence-corrected chi connectivity index (χ0v) is 11.4. The van der Waals surface area contributed by atoms with Crippen molar-refractivity contribution in [2.75, 3.05) is 20.3 Å². The Labute approximate surface area is 116 Å². The number of halogens is 2. The number of nitrogens with zero attached hydrogens (tertiary/aromatic N) is 1. The van der Waals surface area contributed by atoms with Crippen LogP contribution in [0.25, 0.3) is 0 Å². The summed E-state index contributed by atoms with van der Waals surface area (Å²) in [5.41, 5.74) is 6.69. The molecule has 6 heteroatoms. The number of benzene rings is 1. The lowest BCUT2D eigenvalue weighted by Crippen LogP contribution is -2.35. The predicted molar refractivity (Wildman–Crippen MR) is 70.3 cm³/mol. The standard InChI is InChI=1S/C13H16ClFN2O2/c1-19-5-4-17-12(18)7-11(16)13(17)9-3-2-8(15)6-10(9)14/h2-3,6,11,13H,4-5,7,16H2,1H3. The molecule has 2 unspecified atom stereocenters. The molecule has 1 heterocycles. The molecule has 19 heavy (non-hydrogen) atoms. The van der Waals surface area contributed by atoms with Crippen molar-refractivity contribution < 1.29 is 13.9 Å². The highest BCUT2D eigenvalue weighted by molar-refractivity contribution is 6.31. The second-order valence-corrected chi connectivity index (χ2v) is 4.97. The Kier molecular flexibility index (Phi) is 4.39. The summed E-state index contributed by atoms with van der Waals surface area (Å²) >= 11 is 6.06. The summed E-state index contributed by atoms with van der Waals surface area (Å²) in [5, 5.41) is 0.289. The summed E-state index contributed by atoms with van der Waals surface area (Å²) in [6.07, 6.45) is 0.266. The summed E-state index contributed by atoms with van der Waals surface area (Å²) < 4.78 is 18.1. The van der Waals surface area contributed by atoms with Crippen LogP contribution in [0.2, 0.25) is 5.02 Å². The van der Waals surface area contributed by atoms with Gasteiger partial charge in [-0.05, 0) is 17.7 Å². The van der Waals surface area contributed by atoms with Crippen molar-refractivity contribution >= 4 is 17.5 Å². The Morgan fingerprint density at radius 1 is 1.58 bits per heavy atom. The molecule has 0 spiro atoms. The number of methoxy groups -OCH3 is 1. The Morgan fingerprint density at radius 2 is 2.32 bits per heavy atom. The van der Waals surface area contributed by atoms with Gasteiger partial charge in [0.2, 0.25) is 5.91 Å². The maximum Gasteiger partial charge on any atom is 0.224 e. The fraction of sp³-hybridized carbons (Fsp3) is 0.462. The van der Waals surface area contributed by atoms with Crippen LogP contribution in [0.3, 0.4) is 0 Å². The summed E-state index contributed by atoms with van der Waals surface area (Å²) in [4.78, 5) is 13.6. The van der Waals surface area contributed by atoms with Gasteiger partial charge in [-0.2, -0.15) is 0 Å². The molecular formula is C13H16ClFN2O2. The molecule has 1 amide bonds. The van der Waals surface area contributed by atoms with E-state index in [4.69, 9.17) is 22.1 Å². The molecule has 0 saturated carbocycles. The Morgan fingerprint density at radius 3 is 2.95 bits per heavy atom. The first-order chi connectivity index (χ1) is 9.04. The van der Waals surface area contributed by atoms with E-state index in [9.17, 15) is 9.18 Å². The van der Waals surface area contributed by atoms with Gasteiger partial charge in [0.1, 0.15) is 5.82 Å². The van der Waals surface area contributed by atoms with E-state index in [0.717, 1.165) is 0 Å². The molecule has 0 radical (unpaired) electrons. The van der Waals surface area contributed by atoms with Crippen LogP contribution in [0.5, 0.6) is 0 Å². The third kappa shape index (κ3) is 2.88. The molecule has 104 valence electrons. The highest BCUT2D eigenvalue weighted by Gasteiger charge is 2.39. The van der Waals surface area contributed by atoms with Crippen molar-refractivity contribution in [3.8, 4) is 0 Å². The van der Waals surface area contributed by atoms with Gasteiger partial charge < -0.3 is 15.4 Å². The van der Waals surface area contributed by atoms with E-state index < -0.39 is 5.82 Å². The van der Waals surface area contributed by atoms with Crippen LogP contribution in [-0.4, -0.2) is 37.1 Å². The summed E-state index contributed by atoms with van der Waals surface area (Å²) in [5.74, 6) is -0.440. The molecule has 1 aromatic carbocycles. The second kappa shape index (κ2) is 5.86. The van der Waals surface area contributed by atoms with Gasteiger partial charge in [0.25, 0.3) is 0 Å². The van der Waals surface area contributed by atoms with Gasteiger partial charge in [-0.3, -0.25) is 4.79 Å². The van der Waals surface area contributed by atoms with Crippen LogP contribution in [0.1, 0.15) is 18.0 Å². The molecule has 1 aromatic rings. The molecule has 4 nitrogen and oxygen atoms in total. The first-order valence-corrected chi connectivity index (χ1v) is 6.41. The fourth-order valence-electron chi connectivity index (χ4n) is 2.41. The molecule has 2 atom stereocenters. The lowest BCUT2D eigenvalue weighted by Gasteiger charge is -2.27. The van der Waals surface area contributed by atoms with Crippen LogP contribution < -0.4 is 5.73 Å². The van der Waals surface area contributed by atoms with Crippen LogP contribution in [-0.2, 0) is 9.53 Å². The van der Waals surface area contributed by atoms with Gasteiger partial charge in [-0.25, -0.2) is 4.39 Å². The van der Waals surface area contributed by atoms with Gasteiger partial charge in [0, 0.05) is 31.1 Å². The van der Waals surface area contributed by atoms with Crippen molar-refractivity contribution in [2.24, 2.45) is 5.73 Å². The van der Waals surface area contributed by atoms with Crippen molar-refractivity contribution in [1.82, 2.24) is 4.90 Å². The van der Waals surface area contributed by atoms with Crippen LogP contribution in [0.15, 0.2) is 18.2 Å². The number of nitrogens with two attached hydrogens (primary N) is 1. The monoisotopic (exact) mass is 286 g/mol. The van der Waals surface area contributed by atoms with Gasteiger partial charge in [-0.1, -0.05) is 17.7 Å². The number of carbonyl (C=O) groups is 1. The van der Waals surface area contributed by atoms with E-state index in [1.807, 2.05) is 0 Å². The third-order valence-electron chi connectivity index (χ3n) is 3.29. The molecule has 1 fully saturated rings. The van der Waals surface area contributed by atoms with E-state index in [0.29, 0.717) is 18.7 Å². The van der Waals surface area contributed by atoms with E-state index in [-0.39, 0.29) is 29.4 Å². The number of rotatable bonds is 4. The zero-order valence-electron chi connectivity index (χ0n) is 10.6. The molecule has 2 N–H and O–H groups in total. The first-order valence-electron chi connectivity index (χ1n) is 6.03. The van der Waals surface area contributed by atoms with Gasteiger partial charge >= 0.3 is 0 Å². The van der Waals surface area contributed by atoms with Crippen molar-refractivity contribution in [3.63, 3.8) is 0 Å². The highest BCUT2D eigenvalue weighted by Crippen LogP contribution is 2.35. The van der Waals surface area contributed by atoms with Gasteiger partial charge in [0.05, 0.1) is 12.6 Å². The summed E-state index contributed by atoms with van der Waals surface area (Å²) in [6.45, 7) is 0.870. The number of ether oxygens (including phenoxy) is 1. The molecule has 0 bridgehead atoms. The molecular weight excluding hydrogens is 271 g/mol. The normalized spacial score (nSPS) is 23.2. The summed E-state index contributed by atoms with van der Waals surface area (Å²) in [6, 6.07) is 3.48. The van der Waals surface area contributed by atoms with Crippen LogP contribution in [0.4, 0.5) is 4.39 Å². The molecule has 2 rings (SSSR count). The highest BCUT2D eigenvalue weighted by atomic mass is 35.5. The van der Waals surface area contributed by atoms with Gasteiger partial charge in [-0.15, -0.1) is 0 Å². The average Bonchev–Trinajstić information content (AvgIpc) is 2.62. The lowest BCUT2D eigenvalue weighted by molar-refractivity contribution is -0.129. The Balaban J connectivity index is 2.31. The minimum Gasteiger partial charge on any atom is -0.383 e. The van der Waals surface area contributed by atoms with E-state index >= 15 is 0 Å². The fourth-order valence-corrected chi connectivity index (χ4v) is 2.69. The lowest BCUT2D eigenvalue weighted by atomic mass is 10.0. The maximum atomic E-state index is 13.1. The number of likely N-dealkylation sites (tertiary alicyclic amines) is 1. The SMILES string of the molecule is COCCN1C(=O)CC(N)C1c1ccc(F)cc1Cl. The van der Waals surface area contributed by atoms with E-state index in [1.165, 1.54) is 12.1 Å². The molecule has 1 aliphatic heterocycles. The third-order valence-corrected chi connectivity index (χ3v) is 3.62. The predicted octanol–water partition coefficient (Wildman–Crippen LogP) is 1.73. The number of amides is 1. The second-order valence-electron chi connectivity index (χ2n) is 4.56. The largest absolute Gasteiger partial charge is 0.383 e. The van der Waals surface area contributed by atoms with E-state index in [1.54, 1.807) is 18.1 Å². The quantitative estimate of drug-likeness (QED) is 0.917. The van der Waals surface area contributed by atoms with Gasteiger partial charge in [0.15, 0.2) is 0 Å². The van der Waals surface area contributed by atoms with Crippen LogP contribution in [0, 0.1) is 5.82 Å². The molecule has 0 aromatic heterocycles. The molecule has 1 saturated heterocycles. The van der Waals surface area contributed by atoms with Crippen molar-refractivity contribution in [3.05, 3.63) is 34.6 Å². The van der Waals surface area contributed by atoms with E-state index in [2.05, 4.69) is 0 Å². The first kappa shape index (κ1) is 14.2. The number of hydrogen-bond acceptors (Lipinski definition) is 3. The Hall–Kier alpha value is -1.17. The minimum absolute atomic E-state index is 0.0325. The number of carbonyl (C=O) groups excluding carboxylic acids is 1. The average molecular weight is 287 g/mol. The Bertz CT molecular complexity index is 484. The van der Waals surface area contributed by atoms with Crippen LogP contribution >= 0.6 is 11.6 Å². The number of hydrogen-bond donors (Lipinski definition) is 1. The summed E-state index contributed by atoms with van der Waals surface area (Å²) in [7, 11) is 1.57. The minimum atomic E-state index is -0.407. The van der Waals surface area contributed by atoms with Crippen molar-refractivity contribution in [1.29, 1.82) is 0 Å². The zero-order chi connectivity index (χ0) is 14.0. The molecule has 0 aliphatic carbocycles. The molecule has 1 aliphatic rings.